The molecule has 1 fully saturated rings. The number of halogens is 1. The van der Waals surface area contributed by atoms with Gasteiger partial charge in [0.1, 0.15) is 0 Å². The highest BCUT2D eigenvalue weighted by molar-refractivity contribution is 7.89. The molecule has 7 heteroatoms. The number of hydrogen-bond acceptors (Lipinski definition) is 3. The third kappa shape index (κ3) is 3.94. The Kier molecular flexibility index (Phi) is 5.49. The average Bonchev–Trinajstić information content (AvgIpc) is 2.49. The number of sulfonamides is 1. The Morgan fingerprint density at radius 3 is 2.74 bits per heavy atom. The Morgan fingerprint density at radius 1 is 1.48 bits per heavy atom. The van der Waals surface area contributed by atoms with Crippen molar-refractivity contribution in [1.82, 2.24) is 9.62 Å². The van der Waals surface area contributed by atoms with Gasteiger partial charge in [-0.25, -0.2) is 8.42 Å². The zero-order valence-electron chi connectivity index (χ0n) is 13.3. The number of nitrogens with zero attached hydrogens (tertiary/aromatic N) is 1. The van der Waals surface area contributed by atoms with E-state index in [1.807, 2.05) is 13.8 Å². The highest BCUT2D eigenvalue weighted by atomic mass is 35.5. The minimum absolute atomic E-state index is 0.0384. The summed E-state index contributed by atoms with van der Waals surface area (Å²) >= 11 is 6.05. The first-order chi connectivity index (χ1) is 10.8. The number of carbonyl (C=O) groups excluding carboxylic acids is 1. The molecule has 5 nitrogen and oxygen atoms in total. The van der Waals surface area contributed by atoms with Crippen molar-refractivity contribution in [3.8, 4) is 0 Å². The van der Waals surface area contributed by atoms with Gasteiger partial charge in [0.15, 0.2) is 0 Å². The summed E-state index contributed by atoms with van der Waals surface area (Å²) in [5.74, 6) is -0.233. The number of nitrogens with one attached hydrogen (secondary N) is 1. The molecule has 1 aromatic rings. The van der Waals surface area contributed by atoms with Gasteiger partial charge in [0.2, 0.25) is 15.9 Å². The summed E-state index contributed by atoms with van der Waals surface area (Å²) in [6.45, 7) is 7.46. The van der Waals surface area contributed by atoms with Crippen molar-refractivity contribution in [3.63, 3.8) is 0 Å². The topological polar surface area (TPSA) is 66.5 Å². The van der Waals surface area contributed by atoms with Crippen LogP contribution in [0.25, 0.3) is 0 Å². The Bertz CT molecular complexity index is 718. The van der Waals surface area contributed by atoms with Crippen molar-refractivity contribution in [2.75, 3.05) is 6.54 Å². The van der Waals surface area contributed by atoms with Crippen LogP contribution in [0.4, 0.5) is 0 Å². The molecule has 23 heavy (non-hydrogen) atoms. The van der Waals surface area contributed by atoms with Gasteiger partial charge in [0.05, 0.1) is 4.90 Å². The molecule has 0 radical (unpaired) electrons. The number of amides is 1. The third-order valence-electron chi connectivity index (χ3n) is 4.10. The molecule has 0 bridgehead atoms. The van der Waals surface area contributed by atoms with Gasteiger partial charge in [-0.15, -0.1) is 0 Å². The monoisotopic (exact) mass is 356 g/mol. The fraction of sp³-hybridized carbons (Fsp3) is 0.438. The molecule has 2 rings (SSSR count). The van der Waals surface area contributed by atoms with Crippen molar-refractivity contribution >= 4 is 27.5 Å². The zero-order chi connectivity index (χ0) is 17.2. The van der Waals surface area contributed by atoms with E-state index >= 15 is 0 Å². The molecule has 1 saturated heterocycles. The van der Waals surface area contributed by atoms with Gasteiger partial charge < -0.3 is 5.32 Å². The fourth-order valence-electron chi connectivity index (χ4n) is 2.77. The van der Waals surface area contributed by atoms with Crippen molar-refractivity contribution in [1.29, 1.82) is 0 Å². The molecule has 0 saturated carbocycles. The van der Waals surface area contributed by atoms with Crippen molar-refractivity contribution in [3.05, 3.63) is 41.4 Å². The van der Waals surface area contributed by atoms with Gasteiger partial charge in [-0.1, -0.05) is 24.2 Å². The lowest BCUT2D eigenvalue weighted by Gasteiger charge is -2.36. The van der Waals surface area contributed by atoms with Crippen LogP contribution in [0.3, 0.4) is 0 Å². The lowest BCUT2D eigenvalue weighted by atomic mass is 10.0. The quantitative estimate of drug-likeness (QED) is 0.843. The summed E-state index contributed by atoms with van der Waals surface area (Å²) in [5, 5.41) is 3.26. The summed E-state index contributed by atoms with van der Waals surface area (Å²) in [6.07, 6.45) is 2.36. The van der Waals surface area contributed by atoms with Crippen LogP contribution in [0.5, 0.6) is 0 Å². The lowest BCUT2D eigenvalue weighted by Crippen LogP contribution is -2.50. The van der Waals surface area contributed by atoms with Gasteiger partial charge in [0, 0.05) is 23.7 Å². The SMILES string of the molecule is C=CC(=O)NC1CCN(S(=O)(=O)c2ccc(C)c(Cl)c2)C(C)C1. The average molecular weight is 357 g/mol. The van der Waals surface area contributed by atoms with Gasteiger partial charge in [-0.3, -0.25) is 4.79 Å². The second-order valence-electron chi connectivity index (χ2n) is 5.81. The molecule has 126 valence electrons. The number of benzene rings is 1. The summed E-state index contributed by atoms with van der Waals surface area (Å²) in [6, 6.07) is 4.53. The third-order valence-corrected chi connectivity index (χ3v) is 6.51. The van der Waals surface area contributed by atoms with E-state index in [9.17, 15) is 13.2 Å². The largest absolute Gasteiger partial charge is 0.350 e. The molecule has 1 aliphatic rings. The Morgan fingerprint density at radius 2 is 2.17 bits per heavy atom. The van der Waals surface area contributed by atoms with Crippen LogP contribution >= 0.6 is 11.6 Å². The molecule has 1 aromatic carbocycles. The fourth-order valence-corrected chi connectivity index (χ4v) is 4.70. The maximum atomic E-state index is 12.8. The molecule has 1 N–H and O–H groups in total. The van der Waals surface area contributed by atoms with Crippen molar-refractivity contribution in [2.45, 2.75) is 43.7 Å². The number of rotatable bonds is 4. The first kappa shape index (κ1) is 18.0. The molecule has 1 heterocycles. The van der Waals surface area contributed by atoms with E-state index in [1.165, 1.54) is 16.4 Å². The van der Waals surface area contributed by atoms with Crippen LogP contribution in [0.15, 0.2) is 35.7 Å². The first-order valence-corrected chi connectivity index (χ1v) is 9.28. The standard InChI is InChI=1S/C16H21ClN2O3S/c1-4-16(20)18-13-7-8-19(12(3)9-13)23(21,22)14-6-5-11(2)15(17)10-14/h4-6,10,12-13H,1,7-9H2,2-3H3,(H,18,20). The molecule has 1 aliphatic heterocycles. The summed E-state index contributed by atoms with van der Waals surface area (Å²) in [7, 11) is -3.59. The van der Waals surface area contributed by atoms with E-state index in [0.717, 1.165) is 5.56 Å². The van der Waals surface area contributed by atoms with E-state index in [-0.39, 0.29) is 22.9 Å². The van der Waals surface area contributed by atoms with Crippen LogP contribution in [0, 0.1) is 6.92 Å². The molecule has 2 unspecified atom stereocenters. The van der Waals surface area contributed by atoms with Crippen LogP contribution in [0.2, 0.25) is 5.02 Å². The first-order valence-electron chi connectivity index (χ1n) is 7.46. The highest BCUT2D eigenvalue weighted by Crippen LogP contribution is 2.28. The van der Waals surface area contributed by atoms with E-state index in [0.29, 0.717) is 24.4 Å². The Balaban J connectivity index is 2.17. The maximum Gasteiger partial charge on any atom is 0.243 e. The predicted molar refractivity (Wildman–Crippen MR) is 90.9 cm³/mol. The zero-order valence-corrected chi connectivity index (χ0v) is 14.8. The predicted octanol–water partition coefficient (Wildman–Crippen LogP) is 2.49. The number of aryl methyl sites for hydroxylation is 1. The van der Waals surface area contributed by atoms with Gasteiger partial charge in [-0.05, 0) is 50.5 Å². The molecule has 0 aromatic heterocycles. The van der Waals surface area contributed by atoms with E-state index < -0.39 is 10.0 Å². The van der Waals surface area contributed by atoms with Crippen molar-refractivity contribution in [2.24, 2.45) is 0 Å². The summed E-state index contributed by atoms with van der Waals surface area (Å²) < 4.78 is 27.1. The molecular formula is C16H21ClN2O3S. The normalized spacial score (nSPS) is 22.6. The number of hydrogen-bond donors (Lipinski definition) is 1. The second kappa shape index (κ2) is 7.03. The van der Waals surface area contributed by atoms with Gasteiger partial charge in [0.25, 0.3) is 0 Å². The number of piperidine rings is 1. The smallest absolute Gasteiger partial charge is 0.243 e. The lowest BCUT2D eigenvalue weighted by molar-refractivity contribution is -0.117. The Hall–Kier alpha value is -1.37. The van der Waals surface area contributed by atoms with E-state index in [4.69, 9.17) is 11.6 Å². The van der Waals surface area contributed by atoms with Crippen LogP contribution in [-0.4, -0.2) is 37.3 Å². The van der Waals surface area contributed by atoms with Gasteiger partial charge >= 0.3 is 0 Å². The number of carbonyl (C=O) groups is 1. The van der Waals surface area contributed by atoms with Crippen molar-refractivity contribution < 1.29 is 13.2 Å². The second-order valence-corrected chi connectivity index (χ2v) is 8.11. The highest BCUT2D eigenvalue weighted by Gasteiger charge is 2.34. The van der Waals surface area contributed by atoms with Crippen LogP contribution in [0.1, 0.15) is 25.3 Å². The van der Waals surface area contributed by atoms with E-state index in [2.05, 4.69) is 11.9 Å². The summed E-state index contributed by atoms with van der Waals surface area (Å²) in [5.41, 5.74) is 0.838. The molecule has 0 aliphatic carbocycles. The van der Waals surface area contributed by atoms with Crippen LogP contribution in [-0.2, 0) is 14.8 Å². The molecule has 1 amide bonds. The minimum Gasteiger partial charge on any atom is -0.350 e. The Labute approximate surface area is 142 Å². The van der Waals surface area contributed by atoms with Gasteiger partial charge in [-0.2, -0.15) is 4.31 Å². The minimum atomic E-state index is -3.59. The molecule has 0 spiro atoms. The van der Waals surface area contributed by atoms with E-state index in [1.54, 1.807) is 12.1 Å². The van der Waals surface area contributed by atoms with Crippen LogP contribution < -0.4 is 5.32 Å². The molecular weight excluding hydrogens is 336 g/mol. The maximum absolute atomic E-state index is 12.8. The molecule has 2 atom stereocenters. The summed E-state index contributed by atoms with van der Waals surface area (Å²) in [4.78, 5) is 11.6.